The van der Waals surface area contributed by atoms with Gasteiger partial charge in [0.1, 0.15) is 5.75 Å². The van der Waals surface area contributed by atoms with Crippen molar-refractivity contribution in [2.45, 2.75) is 59.3 Å². The molecule has 0 atom stereocenters. The molecule has 2 nitrogen and oxygen atoms in total. The van der Waals surface area contributed by atoms with E-state index in [-0.39, 0.29) is 16.6 Å². The fourth-order valence-electron chi connectivity index (χ4n) is 2.58. The van der Waals surface area contributed by atoms with E-state index < -0.39 is 0 Å². The summed E-state index contributed by atoms with van der Waals surface area (Å²) in [6, 6.07) is 1.81. The Hall–Kier alpha value is -1.31. The van der Waals surface area contributed by atoms with E-state index in [4.69, 9.17) is 0 Å². The molecular weight excluding hydrogens is 224 g/mol. The van der Waals surface area contributed by atoms with Crippen molar-refractivity contribution in [1.82, 2.24) is 0 Å². The molecule has 0 unspecified atom stereocenters. The Kier molecular flexibility index (Phi) is 3.62. The molecular formula is C16H24O2. The van der Waals surface area contributed by atoms with Crippen LogP contribution in [0.3, 0.4) is 0 Å². The number of aldehydes is 1. The van der Waals surface area contributed by atoms with Crippen LogP contribution >= 0.6 is 0 Å². The number of hydrogen-bond acceptors (Lipinski definition) is 2. The van der Waals surface area contributed by atoms with Gasteiger partial charge in [-0.05, 0) is 34.9 Å². The van der Waals surface area contributed by atoms with Crippen molar-refractivity contribution < 1.29 is 9.90 Å². The standard InChI is InChI=1S/C16H24O2/c1-10-12(15(2,3)4)8-11(9-17)14(18)13(10)16(5,6)7/h8-9,18H,1-7H3. The lowest BCUT2D eigenvalue weighted by atomic mass is 9.75. The number of benzene rings is 1. The zero-order valence-electron chi connectivity index (χ0n) is 12.5. The van der Waals surface area contributed by atoms with Crippen LogP contribution < -0.4 is 0 Å². The summed E-state index contributed by atoms with van der Waals surface area (Å²) in [6.07, 6.45) is 0.735. The third-order valence-corrected chi connectivity index (χ3v) is 3.27. The summed E-state index contributed by atoms with van der Waals surface area (Å²) in [5.74, 6) is 0.128. The highest BCUT2D eigenvalue weighted by Crippen LogP contribution is 2.40. The predicted octanol–water partition coefficient (Wildman–Crippen LogP) is 4.11. The molecule has 1 aromatic rings. The van der Waals surface area contributed by atoms with Crippen LogP contribution in [0.15, 0.2) is 6.07 Å². The minimum atomic E-state index is -0.187. The van der Waals surface area contributed by atoms with Gasteiger partial charge >= 0.3 is 0 Å². The Bertz CT molecular complexity index is 471. The molecule has 1 rings (SSSR count). The first-order chi connectivity index (χ1) is 8.00. The Balaban J connectivity index is 3.76. The summed E-state index contributed by atoms with van der Waals surface area (Å²) in [4.78, 5) is 11.1. The molecule has 0 saturated carbocycles. The maximum Gasteiger partial charge on any atom is 0.153 e. The molecule has 1 aromatic carbocycles. The summed E-state index contributed by atoms with van der Waals surface area (Å²) in [5.41, 5.74) is 3.22. The fourth-order valence-corrected chi connectivity index (χ4v) is 2.58. The summed E-state index contributed by atoms with van der Waals surface area (Å²) in [7, 11) is 0. The van der Waals surface area contributed by atoms with Gasteiger partial charge in [-0.1, -0.05) is 41.5 Å². The molecule has 0 aromatic heterocycles. The molecule has 18 heavy (non-hydrogen) atoms. The average molecular weight is 248 g/mol. The van der Waals surface area contributed by atoms with Crippen LogP contribution in [0.2, 0.25) is 0 Å². The van der Waals surface area contributed by atoms with E-state index in [0.717, 1.165) is 23.0 Å². The van der Waals surface area contributed by atoms with Gasteiger partial charge in [-0.3, -0.25) is 4.79 Å². The number of carbonyl (C=O) groups is 1. The van der Waals surface area contributed by atoms with E-state index in [1.165, 1.54) is 0 Å². The van der Waals surface area contributed by atoms with Crippen LogP contribution in [0.4, 0.5) is 0 Å². The molecule has 2 heteroatoms. The van der Waals surface area contributed by atoms with E-state index >= 15 is 0 Å². The average Bonchev–Trinajstić information content (AvgIpc) is 2.13. The van der Waals surface area contributed by atoms with Gasteiger partial charge in [-0.15, -0.1) is 0 Å². The highest BCUT2D eigenvalue weighted by Gasteiger charge is 2.28. The van der Waals surface area contributed by atoms with Crippen LogP contribution in [-0.4, -0.2) is 11.4 Å². The van der Waals surface area contributed by atoms with Gasteiger partial charge in [0.15, 0.2) is 6.29 Å². The molecule has 0 aliphatic rings. The van der Waals surface area contributed by atoms with E-state index in [1.807, 2.05) is 13.0 Å². The highest BCUT2D eigenvalue weighted by molar-refractivity contribution is 5.81. The Labute approximate surface area is 110 Å². The quantitative estimate of drug-likeness (QED) is 0.759. The van der Waals surface area contributed by atoms with Gasteiger partial charge in [0.05, 0.1) is 5.56 Å². The maximum atomic E-state index is 11.1. The molecule has 0 heterocycles. The topological polar surface area (TPSA) is 37.3 Å². The van der Waals surface area contributed by atoms with Gasteiger partial charge in [0.2, 0.25) is 0 Å². The fraction of sp³-hybridized carbons (Fsp3) is 0.562. The highest BCUT2D eigenvalue weighted by atomic mass is 16.3. The van der Waals surface area contributed by atoms with Crippen molar-refractivity contribution in [3.63, 3.8) is 0 Å². The first-order valence-electron chi connectivity index (χ1n) is 6.33. The van der Waals surface area contributed by atoms with Crippen molar-refractivity contribution >= 4 is 6.29 Å². The normalized spacial score (nSPS) is 12.6. The van der Waals surface area contributed by atoms with Gasteiger partial charge in [0, 0.05) is 5.56 Å². The predicted molar refractivity (Wildman–Crippen MR) is 75.6 cm³/mol. The Morgan fingerprint density at radius 1 is 1.06 bits per heavy atom. The molecule has 100 valence electrons. The largest absolute Gasteiger partial charge is 0.507 e. The summed E-state index contributed by atoms with van der Waals surface area (Å²) >= 11 is 0. The molecule has 0 aliphatic heterocycles. The summed E-state index contributed by atoms with van der Waals surface area (Å²) < 4.78 is 0. The first kappa shape index (κ1) is 14.7. The minimum Gasteiger partial charge on any atom is -0.507 e. The third kappa shape index (κ3) is 2.58. The number of carbonyl (C=O) groups excluding carboxylic acids is 1. The molecule has 0 aliphatic carbocycles. The van der Waals surface area contributed by atoms with Crippen molar-refractivity contribution in [2.75, 3.05) is 0 Å². The maximum absolute atomic E-state index is 11.1. The van der Waals surface area contributed by atoms with Crippen LogP contribution in [0.25, 0.3) is 0 Å². The van der Waals surface area contributed by atoms with Crippen LogP contribution in [0, 0.1) is 6.92 Å². The molecule has 0 spiro atoms. The van der Waals surface area contributed by atoms with Gasteiger partial charge in [0.25, 0.3) is 0 Å². The summed E-state index contributed by atoms with van der Waals surface area (Å²) in [6.45, 7) is 14.5. The van der Waals surface area contributed by atoms with E-state index in [1.54, 1.807) is 0 Å². The van der Waals surface area contributed by atoms with Gasteiger partial charge in [-0.2, -0.15) is 0 Å². The van der Waals surface area contributed by atoms with Crippen LogP contribution in [0.5, 0.6) is 5.75 Å². The Morgan fingerprint density at radius 2 is 1.56 bits per heavy atom. The van der Waals surface area contributed by atoms with Crippen molar-refractivity contribution in [3.8, 4) is 5.75 Å². The zero-order valence-corrected chi connectivity index (χ0v) is 12.5. The molecule has 0 fully saturated rings. The number of aromatic hydroxyl groups is 1. The second-order valence-electron chi connectivity index (χ2n) is 6.98. The van der Waals surface area contributed by atoms with E-state index in [9.17, 15) is 9.90 Å². The molecule has 0 bridgehead atoms. The van der Waals surface area contributed by atoms with Crippen molar-refractivity contribution in [1.29, 1.82) is 0 Å². The van der Waals surface area contributed by atoms with Crippen LogP contribution in [-0.2, 0) is 10.8 Å². The number of phenolic OH excluding ortho intramolecular Hbond substituents is 1. The molecule has 1 N–H and O–H groups in total. The van der Waals surface area contributed by atoms with Gasteiger partial charge < -0.3 is 5.11 Å². The second-order valence-corrected chi connectivity index (χ2v) is 6.98. The number of hydrogen-bond donors (Lipinski definition) is 1. The summed E-state index contributed by atoms with van der Waals surface area (Å²) in [5, 5.41) is 10.3. The van der Waals surface area contributed by atoms with Crippen LogP contribution in [0.1, 0.15) is 68.6 Å². The second kappa shape index (κ2) is 4.42. The first-order valence-corrected chi connectivity index (χ1v) is 6.33. The SMILES string of the molecule is Cc1c(C(C)(C)C)cc(C=O)c(O)c1C(C)(C)C. The number of phenols is 1. The zero-order chi connectivity index (χ0) is 14.3. The lowest BCUT2D eigenvalue weighted by Gasteiger charge is -2.30. The molecule has 0 amide bonds. The monoisotopic (exact) mass is 248 g/mol. The number of rotatable bonds is 1. The smallest absolute Gasteiger partial charge is 0.153 e. The minimum absolute atomic E-state index is 0.0461. The van der Waals surface area contributed by atoms with E-state index in [0.29, 0.717) is 5.56 Å². The third-order valence-electron chi connectivity index (χ3n) is 3.27. The molecule has 0 radical (unpaired) electrons. The Morgan fingerprint density at radius 3 is 1.89 bits per heavy atom. The van der Waals surface area contributed by atoms with E-state index in [2.05, 4.69) is 41.5 Å². The lowest BCUT2D eigenvalue weighted by molar-refractivity contribution is 0.112. The van der Waals surface area contributed by atoms with Gasteiger partial charge in [-0.25, -0.2) is 0 Å². The van der Waals surface area contributed by atoms with Crippen molar-refractivity contribution in [3.05, 3.63) is 28.3 Å². The van der Waals surface area contributed by atoms with Crippen molar-refractivity contribution in [2.24, 2.45) is 0 Å². The lowest BCUT2D eigenvalue weighted by Crippen LogP contribution is -2.20. The molecule has 0 saturated heterocycles.